The summed E-state index contributed by atoms with van der Waals surface area (Å²) in [6.45, 7) is 57.8. The molecule has 0 spiro atoms. The SMILES string of the molecule is CC(C)C(C)(C)C.CC(C)CC(C)C.CC(C)CC1CCCCC1.CC(C)CCc1ccccc1.CC(C)COCc1ccccc1.CC(C)Cc1ccc2ccccc2c1.CC(C)Cc1ccccc1.CCC.CCC(C)C(C)C. The molecule has 1 nitrogen and oxygen atoms in total. The number of aryl methyl sites for hydroxylation is 1. The van der Waals surface area contributed by atoms with Gasteiger partial charge in [0.25, 0.3) is 0 Å². The predicted octanol–water partition coefficient (Wildman–Crippen LogP) is 26.2. The zero-order valence-electron chi connectivity index (χ0n) is 58.6. The lowest BCUT2D eigenvalue weighted by Crippen LogP contribution is -2.12. The van der Waals surface area contributed by atoms with Crippen molar-refractivity contribution in [2.45, 2.75) is 263 Å². The second-order valence-electron chi connectivity index (χ2n) is 28.2. The topological polar surface area (TPSA) is 9.23 Å². The summed E-state index contributed by atoms with van der Waals surface area (Å²) >= 11 is 0. The molecule has 0 radical (unpaired) electrons. The number of hydrogen-bond acceptors (Lipinski definition) is 1. The summed E-state index contributed by atoms with van der Waals surface area (Å²) in [6, 6.07) is 46.8. The molecule has 1 saturated carbocycles. The minimum absolute atomic E-state index is 0.500. The lowest BCUT2D eigenvalue weighted by molar-refractivity contribution is 0.0971. The van der Waals surface area contributed by atoms with Crippen LogP contribution in [0.3, 0.4) is 0 Å². The van der Waals surface area contributed by atoms with Crippen LogP contribution in [0.1, 0.15) is 260 Å². The van der Waals surface area contributed by atoms with E-state index in [1.54, 1.807) is 0 Å². The van der Waals surface area contributed by atoms with Crippen LogP contribution in [0.4, 0.5) is 0 Å². The number of fused-ring (bicyclic) bond motifs is 1. The maximum atomic E-state index is 5.48. The fourth-order valence-corrected chi connectivity index (χ4v) is 8.51. The van der Waals surface area contributed by atoms with E-state index in [1.165, 1.54) is 116 Å². The highest BCUT2D eigenvalue weighted by molar-refractivity contribution is 5.83. The van der Waals surface area contributed by atoms with E-state index < -0.39 is 0 Å². The van der Waals surface area contributed by atoms with Crippen LogP contribution in [-0.4, -0.2) is 6.61 Å². The Hall–Kier alpha value is -3.68. The fourth-order valence-electron chi connectivity index (χ4n) is 8.51. The lowest BCUT2D eigenvalue weighted by atomic mass is 9.84. The van der Waals surface area contributed by atoms with Gasteiger partial charge in [0, 0.05) is 6.61 Å². The van der Waals surface area contributed by atoms with Crippen molar-refractivity contribution in [3.05, 3.63) is 156 Å². The van der Waals surface area contributed by atoms with E-state index >= 15 is 0 Å². The van der Waals surface area contributed by atoms with Gasteiger partial charge in [-0.05, 0) is 142 Å². The van der Waals surface area contributed by atoms with Gasteiger partial charge in [-0.2, -0.15) is 0 Å². The third kappa shape index (κ3) is 55.3. The molecule has 0 amide bonds. The molecule has 81 heavy (non-hydrogen) atoms. The van der Waals surface area contributed by atoms with E-state index in [-0.39, 0.29) is 0 Å². The third-order valence-corrected chi connectivity index (χ3v) is 14.3. The van der Waals surface area contributed by atoms with Crippen molar-refractivity contribution in [1.29, 1.82) is 0 Å². The van der Waals surface area contributed by atoms with Crippen LogP contribution < -0.4 is 0 Å². The molecule has 1 aliphatic rings. The Morgan fingerprint density at radius 2 is 0.852 bits per heavy atom. The van der Waals surface area contributed by atoms with Gasteiger partial charge in [0.05, 0.1) is 6.61 Å². The molecule has 0 saturated heterocycles. The maximum absolute atomic E-state index is 5.48. The average molecular weight is 1120 g/mol. The van der Waals surface area contributed by atoms with Gasteiger partial charge in [-0.15, -0.1) is 0 Å². The Kier molecular flexibility index (Phi) is 52.3. The van der Waals surface area contributed by atoms with Crippen LogP contribution in [0.25, 0.3) is 10.8 Å². The quantitative estimate of drug-likeness (QED) is 0.0902. The van der Waals surface area contributed by atoms with Crippen molar-refractivity contribution in [3.8, 4) is 0 Å². The highest BCUT2D eigenvalue weighted by Crippen LogP contribution is 2.29. The van der Waals surface area contributed by atoms with Gasteiger partial charge in [-0.25, -0.2) is 0 Å². The second kappa shape index (κ2) is 51.9. The molecule has 6 rings (SSSR count). The van der Waals surface area contributed by atoms with Crippen molar-refractivity contribution < 1.29 is 4.74 Å². The van der Waals surface area contributed by atoms with Gasteiger partial charge in [0.2, 0.25) is 0 Å². The van der Waals surface area contributed by atoms with E-state index in [4.69, 9.17) is 4.74 Å². The van der Waals surface area contributed by atoms with Crippen LogP contribution in [0.5, 0.6) is 0 Å². The lowest BCUT2D eigenvalue weighted by Gasteiger charge is -2.22. The zero-order chi connectivity index (χ0) is 62.2. The van der Waals surface area contributed by atoms with Crippen molar-refractivity contribution in [1.82, 2.24) is 0 Å². The molecule has 5 aromatic rings. The van der Waals surface area contributed by atoms with E-state index in [0.29, 0.717) is 11.3 Å². The summed E-state index contributed by atoms with van der Waals surface area (Å²) in [4.78, 5) is 0. The Morgan fingerprint density at radius 3 is 1.21 bits per heavy atom. The first-order chi connectivity index (χ1) is 38.1. The summed E-state index contributed by atoms with van der Waals surface area (Å²) in [5, 5.41) is 2.69. The highest BCUT2D eigenvalue weighted by atomic mass is 16.5. The van der Waals surface area contributed by atoms with Crippen molar-refractivity contribution in [2.24, 2.45) is 70.5 Å². The zero-order valence-corrected chi connectivity index (χ0v) is 58.6. The van der Waals surface area contributed by atoms with Crippen molar-refractivity contribution >= 4 is 10.8 Å². The number of ether oxygens (including phenoxy) is 1. The normalized spacial score (nSPS) is 12.5. The molecule has 1 fully saturated rings. The molecule has 464 valence electrons. The van der Waals surface area contributed by atoms with E-state index in [2.05, 4.69) is 288 Å². The van der Waals surface area contributed by atoms with Gasteiger partial charge >= 0.3 is 0 Å². The Bertz CT molecular complexity index is 2020. The Labute approximate surface area is 508 Å². The third-order valence-electron chi connectivity index (χ3n) is 14.3. The summed E-state index contributed by atoms with van der Waals surface area (Å²) < 4.78 is 5.48. The summed E-state index contributed by atoms with van der Waals surface area (Å²) in [5.74, 6) is 9.25. The van der Waals surface area contributed by atoms with Gasteiger partial charge in [-0.1, -0.05) is 351 Å². The van der Waals surface area contributed by atoms with Crippen molar-refractivity contribution in [2.75, 3.05) is 6.61 Å². The molecule has 0 bridgehead atoms. The molecule has 5 aromatic carbocycles. The molecule has 1 unspecified atom stereocenters. The monoisotopic (exact) mass is 1120 g/mol. The standard InChI is InChI=1S/C14H16.C11H16O.C11H16.C10H20.C10H14.3C7H16.C3H8/c1-11(2)9-12-7-8-13-5-3-4-6-14(13)10-12;1-10(2)8-12-9-11-6-4-3-5-7-11;1-10(2)8-9-11-6-4-3-5-7-11;2*1-9(2)8-10-6-4-3-5-7-10;1-6(2)7(3,4)5;1-6(2)5-7(3)4;1-5-7(4)6(2)3;1-3-2/h3-8,10-11H,9H2,1-2H3;3-7,10H,8-9H2,1-2H3;3-7,10H,8-9H2,1-2H3;9-10H,3-8H2,1-2H3;3-7,9H,8H2,1-2H3;6H,1-5H3;2*6-7H,5H2,1-4H3;3H2,1-2H3. The molecular weight excluding hydrogens is 977 g/mol. The first-order valence-corrected chi connectivity index (χ1v) is 33.2. The summed E-state index contributed by atoms with van der Waals surface area (Å²) in [5.41, 5.74) is 6.09. The van der Waals surface area contributed by atoms with Crippen LogP contribution in [0.2, 0.25) is 0 Å². The molecule has 1 heteroatoms. The van der Waals surface area contributed by atoms with Crippen LogP contribution in [0.15, 0.2) is 133 Å². The van der Waals surface area contributed by atoms with Gasteiger partial charge in [-0.3, -0.25) is 0 Å². The second-order valence-corrected chi connectivity index (χ2v) is 28.2. The molecule has 0 aliphatic heterocycles. The summed E-state index contributed by atoms with van der Waals surface area (Å²) in [6.07, 6.45) is 17.8. The number of hydrogen-bond donors (Lipinski definition) is 0. The fraction of sp³-hybridized carbons (Fsp3) is 0.650. The molecule has 0 N–H and O–H groups in total. The van der Waals surface area contributed by atoms with E-state index in [0.717, 1.165) is 72.4 Å². The minimum atomic E-state index is 0.500. The van der Waals surface area contributed by atoms with Crippen LogP contribution >= 0.6 is 0 Å². The minimum Gasteiger partial charge on any atom is -0.377 e. The predicted molar refractivity (Wildman–Crippen MR) is 373 cm³/mol. The Morgan fingerprint density at radius 1 is 0.432 bits per heavy atom. The molecule has 1 atom stereocenters. The molecule has 1 aliphatic carbocycles. The molecule has 0 heterocycles. The van der Waals surface area contributed by atoms with E-state index in [1.807, 2.05) is 18.2 Å². The number of rotatable bonds is 17. The Balaban J connectivity index is -0.000000862. The molecular formula is C80H138O. The van der Waals surface area contributed by atoms with Gasteiger partial charge < -0.3 is 4.74 Å². The van der Waals surface area contributed by atoms with Crippen LogP contribution in [-0.2, 0) is 30.6 Å². The highest BCUT2D eigenvalue weighted by Gasteiger charge is 2.15. The van der Waals surface area contributed by atoms with Crippen molar-refractivity contribution in [3.63, 3.8) is 0 Å². The smallest absolute Gasteiger partial charge is 0.0717 e. The van der Waals surface area contributed by atoms with Gasteiger partial charge in [0.1, 0.15) is 0 Å². The van der Waals surface area contributed by atoms with Crippen LogP contribution in [0, 0.1) is 70.5 Å². The first kappa shape index (κ1) is 81.5. The summed E-state index contributed by atoms with van der Waals surface area (Å²) in [7, 11) is 0. The molecule has 0 aromatic heterocycles. The number of benzene rings is 5. The first-order valence-electron chi connectivity index (χ1n) is 33.2. The van der Waals surface area contributed by atoms with Gasteiger partial charge in [0.15, 0.2) is 0 Å². The average Bonchev–Trinajstić information content (AvgIpc) is 3.42. The maximum Gasteiger partial charge on any atom is 0.0717 e. The van der Waals surface area contributed by atoms with E-state index in [9.17, 15) is 0 Å². The largest absolute Gasteiger partial charge is 0.377 e.